The van der Waals surface area contributed by atoms with E-state index < -0.39 is 0 Å². The lowest BCUT2D eigenvalue weighted by atomic mass is 10.2. The van der Waals surface area contributed by atoms with Crippen molar-refractivity contribution < 1.29 is 13.9 Å². The fourth-order valence-corrected chi connectivity index (χ4v) is 1.66. The topological polar surface area (TPSA) is 50.4 Å². The van der Waals surface area contributed by atoms with Gasteiger partial charge >= 0.3 is 0 Å². The zero-order valence-corrected chi connectivity index (χ0v) is 10.3. The Hall–Kier alpha value is -1.62. The first-order valence-electron chi connectivity index (χ1n) is 6.06. The molecule has 1 amide bonds. The Labute approximate surface area is 106 Å². The van der Waals surface area contributed by atoms with Crippen molar-refractivity contribution in [3.63, 3.8) is 0 Å². The highest BCUT2D eigenvalue weighted by Gasteiger charge is 2.20. The molecule has 0 radical (unpaired) electrons. The highest BCUT2D eigenvalue weighted by atomic mass is 19.1. The minimum atomic E-state index is -0.389. The zero-order valence-electron chi connectivity index (χ0n) is 10.3. The third-order valence-electron chi connectivity index (χ3n) is 2.80. The average Bonchev–Trinajstić information content (AvgIpc) is 3.15. The average molecular weight is 252 g/mol. The standard InChI is InChI=1S/C13H17FN2O2/c1-18-12-8-9(14)2-5-11(12)16-13(17)6-7-15-10-3-4-10/h2,5,8,10,15H,3-4,6-7H2,1H3,(H,16,17). The fraction of sp³-hybridized carbons (Fsp3) is 0.462. The van der Waals surface area contributed by atoms with Gasteiger partial charge in [0.25, 0.3) is 0 Å². The summed E-state index contributed by atoms with van der Waals surface area (Å²) in [7, 11) is 1.44. The van der Waals surface area contributed by atoms with Gasteiger partial charge in [-0.3, -0.25) is 4.79 Å². The quantitative estimate of drug-likeness (QED) is 0.813. The van der Waals surface area contributed by atoms with E-state index >= 15 is 0 Å². The molecule has 1 aliphatic rings. The monoisotopic (exact) mass is 252 g/mol. The van der Waals surface area contributed by atoms with Crippen molar-refractivity contribution in [2.45, 2.75) is 25.3 Å². The summed E-state index contributed by atoms with van der Waals surface area (Å²) in [6.07, 6.45) is 2.80. The largest absolute Gasteiger partial charge is 0.494 e. The van der Waals surface area contributed by atoms with Crippen LogP contribution in [-0.4, -0.2) is 25.6 Å². The van der Waals surface area contributed by atoms with Crippen LogP contribution >= 0.6 is 0 Å². The minimum absolute atomic E-state index is 0.104. The molecule has 1 fully saturated rings. The number of hydrogen-bond acceptors (Lipinski definition) is 3. The lowest BCUT2D eigenvalue weighted by molar-refractivity contribution is -0.116. The van der Waals surface area contributed by atoms with E-state index in [0.717, 1.165) is 0 Å². The fourth-order valence-electron chi connectivity index (χ4n) is 1.66. The summed E-state index contributed by atoms with van der Waals surface area (Å²) in [6, 6.07) is 4.64. The van der Waals surface area contributed by atoms with Gasteiger partial charge in [-0.05, 0) is 25.0 Å². The first-order valence-corrected chi connectivity index (χ1v) is 6.06. The number of halogens is 1. The summed E-state index contributed by atoms with van der Waals surface area (Å²) < 4.78 is 18.0. The van der Waals surface area contributed by atoms with E-state index in [-0.39, 0.29) is 11.7 Å². The van der Waals surface area contributed by atoms with E-state index in [1.54, 1.807) is 0 Å². The first-order chi connectivity index (χ1) is 8.69. The second kappa shape index (κ2) is 5.82. The molecule has 1 saturated carbocycles. The number of hydrogen-bond donors (Lipinski definition) is 2. The molecular formula is C13H17FN2O2. The summed E-state index contributed by atoms with van der Waals surface area (Å²) >= 11 is 0. The molecule has 1 aliphatic carbocycles. The number of anilines is 1. The molecule has 0 spiro atoms. The van der Waals surface area contributed by atoms with E-state index in [2.05, 4.69) is 10.6 Å². The number of ether oxygens (including phenoxy) is 1. The van der Waals surface area contributed by atoms with Crippen LogP contribution in [-0.2, 0) is 4.79 Å². The van der Waals surface area contributed by atoms with Gasteiger partial charge in [-0.25, -0.2) is 4.39 Å². The smallest absolute Gasteiger partial charge is 0.225 e. The molecule has 0 aliphatic heterocycles. The molecule has 4 nitrogen and oxygen atoms in total. The highest BCUT2D eigenvalue weighted by molar-refractivity contribution is 5.92. The van der Waals surface area contributed by atoms with Crippen molar-refractivity contribution in [2.24, 2.45) is 0 Å². The second-order valence-electron chi connectivity index (χ2n) is 4.37. The van der Waals surface area contributed by atoms with E-state index in [9.17, 15) is 9.18 Å². The number of carbonyl (C=O) groups excluding carboxylic acids is 1. The van der Waals surface area contributed by atoms with Crippen LogP contribution in [0.3, 0.4) is 0 Å². The summed E-state index contributed by atoms with van der Waals surface area (Å²) in [5, 5.41) is 5.97. The Kier molecular flexibility index (Phi) is 4.15. The maximum atomic E-state index is 13.0. The first kappa shape index (κ1) is 12.8. The summed E-state index contributed by atoms with van der Waals surface area (Å²) in [4.78, 5) is 11.7. The van der Waals surface area contributed by atoms with Gasteiger partial charge in [-0.1, -0.05) is 0 Å². The van der Waals surface area contributed by atoms with Crippen LogP contribution in [0.2, 0.25) is 0 Å². The lowest BCUT2D eigenvalue weighted by Gasteiger charge is -2.10. The van der Waals surface area contributed by atoms with Crippen LogP contribution in [0.4, 0.5) is 10.1 Å². The van der Waals surface area contributed by atoms with Crippen LogP contribution < -0.4 is 15.4 Å². The SMILES string of the molecule is COc1cc(F)ccc1NC(=O)CCNC1CC1. The Morgan fingerprint density at radius 2 is 2.28 bits per heavy atom. The molecule has 1 aromatic rings. The van der Waals surface area contributed by atoms with Gasteiger partial charge in [0.15, 0.2) is 0 Å². The van der Waals surface area contributed by atoms with Crippen LogP contribution in [0.15, 0.2) is 18.2 Å². The maximum Gasteiger partial charge on any atom is 0.225 e. The van der Waals surface area contributed by atoms with Crippen molar-refractivity contribution in [3.8, 4) is 5.75 Å². The lowest BCUT2D eigenvalue weighted by Crippen LogP contribution is -2.23. The Balaban J connectivity index is 1.84. The molecule has 0 aromatic heterocycles. The predicted octanol–water partition coefficient (Wildman–Crippen LogP) is 1.91. The molecule has 2 N–H and O–H groups in total. The van der Waals surface area contributed by atoms with Gasteiger partial charge in [-0.2, -0.15) is 0 Å². The molecule has 0 heterocycles. The van der Waals surface area contributed by atoms with E-state index in [4.69, 9.17) is 4.74 Å². The van der Waals surface area contributed by atoms with Gasteiger partial charge in [-0.15, -0.1) is 0 Å². The molecule has 18 heavy (non-hydrogen) atoms. The van der Waals surface area contributed by atoms with Crippen molar-refractivity contribution >= 4 is 11.6 Å². The number of nitrogens with one attached hydrogen (secondary N) is 2. The zero-order chi connectivity index (χ0) is 13.0. The number of carbonyl (C=O) groups is 1. The third-order valence-corrected chi connectivity index (χ3v) is 2.80. The van der Waals surface area contributed by atoms with Crippen LogP contribution in [0.25, 0.3) is 0 Å². The maximum absolute atomic E-state index is 13.0. The number of amides is 1. The molecular weight excluding hydrogens is 235 g/mol. The Morgan fingerprint density at radius 1 is 1.50 bits per heavy atom. The number of methoxy groups -OCH3 is 1. The van der Waals surface area contributed by atoms with Gasteiger partial charge in [0.05, 0.1) is 12.8 Å². The summed E-state index contributed by atoms with van der Waals surface area (Å²) in [5.41, 5.74) is 0.496. The summed E-state index contributed by atoms with van der Waals surface area (Å²) in [5.74, 6) is -0.160. The van der Waals surface area contributed by atoms with Gasteiger partial charge in [0.2, 0.25) is 5.91 Å². The molecule has 0 saturated heterocycles. The molecule has 0 unspecified atom stereocenters. The van der Waals surface area contributed by atoms with E-state index in [1.165, 1.54) is 38.2 Å². The molecule has 0 atom stereocenters. The van der Waals surface area contributed by atoms with E-state index in [1.807, 2.05) is 0 Å². The Morgan fingerprint density at radius 3 is 2.94 bits per heavy atom. The van der Waals surface area contributed by atoms with Gasteiger partial charge in [0, 0.05) is 25.1 Å². The molecule has 5 heteroatoms. The molecule has 0 bridgehead atoms. The van der Waals surface area contributed by atoms with Gasteiger partial charge < -0.3 is 15.4 Å². The highest BCUT2D eigenvalue weighted by Crippen LogP contribution is 2.25. The van der Waals surface area contributed by atoms with Crippen LogP contribution in [0.1, 0.15) is 19.3 Å². The Bertz CT molecular complexity index is 433. The van der Waals surface area contributed by atoms with Crippen molar-refractivity contribution in [1.29, 1.82) is 0 Å². The molecule has 2 rings (SSSR count). The third kappa shape index (κ3) is 3.70. The molecule has 1 aromatic carbocycles. The van der Waals surface area contributed by atoms with E-state index in [0.29, 0.717) is 30.4 Å². The summed E-state index contributed by atoms with van der Waals surface area (Å²) in [6.45, 7) is 0.667. The normalized spacial score (nSPS) is 14.3. The molecule has 98 valence electrons. The second-order valence-corrected chi connectivity index (χ2v) is 4.37. The van der Waals surface area contributed by atoms with Crippen molar-refractivity contribution in [2.75, 3.05) is 19.0 Å². The van der Waals surface area contributed by atoms with Crippen LogP contribution in [0.5, 0.6) is 5.75 Å². The number of benzene rings is 1. The number of rotatable bonds is 6. The predicted molar refractivity (Wildman–Crippen MR) is 67.2 cm³/mol. The van der Waals surface area contributed by atoms with Crippen molar-refractivity contribution in [1.82, 2.24) is 5.32 Å². The minimum Gasteiger partial charge on any atom is -0.494 e. The van der Waals surface area contributed by atoms with Gasteiger partial charge in [0.1, 0.15) is 11.6 Å². The van der Waals surface area contributed by atoms with Crippen LogP contribution in [0, 0.1) is 5.82 Å². The van der Waals surface area contributed by atoms with Crippen molar-refractivity contribution in [3.05, 3.63) is 24.0 Å².